The first-order valence-corrected chi connectivity index (χ1v) is 8.13. The predicted molar refractivity (Wildman–Crippen MR) is 84.8 cm³/mol. The molecule has 0 saturated carbocycles. The summed E-state index contributed by atoms with van der Waals surface area (Å²) in [5.74, 6) is -0.817. The Hall–Kier alpha value is -2.45. The van der Waals surface area contributed by atoms with Gasteiger partial charge in [0.15, 0.2) is 0 Å². The number of amides is 1. The van der Waals surface area contributed by atoms with E-state index in [9.17, 15) is 17.6 Å². The lowest BCUT2D eigenvalue weighted by atomic mass is 10.2. The molecule has 122 valence electrons. The first-order valence-electron chi connectivity index (χ1n) is 6.65. The summed E-state index contributed by atoms with van der Waals surface area (Å²) >= 11 is 0. The second-order valence-corrected chi connectivity index (χ2v) is 6.65. The van der Waals surface area contributed by atoms with Crippen molar-refractivity contribution in [1.29, 1.82) is 0 Å². The minimum atomic E-state index is -3.81. The van der Waals surface area contributed by atoms with Crippen molar-refractivity contribution in [3.05, 3.63) is 59.9 Å². The van der Waals surface area contributed by atoms with E-state index >= 15 is 0 Å². The van der Waals surface area contributed by atoms with Gasteiger partial charge in [0.2, 0.25) is 0 Å². The largest absolute Gasteiger partial charge is 0.285 e. The molecule has 0 aliphatic heterocycles. The van der Waals surface area contributed by atoms with Gasteiger partial charge >= 0.3 is 0 Å². The minimum absolute atomic E-state index is 0.0478. The van der Waals surface area contributed by atoms with Gasteiger partial charge in [-0.25, -0.2) is 17.8 Å². The summed E-state index contributed by atoms with van der Waals surface area (Å²) in [7, 11) is -0.440. The van der Waals surface area contributed by atoms with E-state index in [2.05, 4.69) is 10.1 Å². The van der Waals surface area contributed by atoms with Gasteiger partial charge in [0.05, 0.1) is 4.90 Å². The molecule has 0 aromatic heterocycles. The number of halogens is 1. The lowest BCUT2D eigenvalue weighted by Gasteiger charge is -2.12. The van der Waals surface area contributed by atoms with E-state index in [0.29, 0.717) is 11.3 Å². The van der Waals surface area contributed by atoms with Crippen LogP contribution in [0.3, 0.4) is 0 Å². The molecule has 0 spiro atoms. The van der Waals surface area contributed by atoms with Gasteiger partial charge in [-0.1, -0.05) is 0 Å². The van der Waals surface area contributed by atoms with Crippen LogP contribution in [0, 0.1) is 5.82 Å². The molecule has 0 bridgehead atoms. The average Bonchev–Trinajstić information content (AvgIpc) is 2.47. The van der Waals surface area contributed by atoms with Crippen LogP contribution in [0.4, 0.5) is 10.1 Å². The molecule has 0 saturated heterocycles. The molecule has 0 aliphatic carbocycles. The molecular formula is C15H16FN3O3S. The number of nitrogens with one attached hydrogen (secondary N) is 2. The molecule has 2 aromatic rings. The van der Waals surface area contributed by atoms with Crippen LogP contribution in [0.1, 0.15) is 10.4 Å². The van der Waals surface area contributed by atoms with Crippen molar-refractivity contribution >= 4 is 21.6 Å². The zero-order chi connectivity index (χ0) is 17.0. The highest BCUT2D eigenvalue weighted by molar-refractivity contribution is 7.92. The van der Waals surface area contributed by atoms with Gasteiger partial charge in [0.1, 0.15) is 5.82 Å². The van der Waals surface area contributed by atoms with Crippen LogP contribution in [-0.2, 0) is 10.0 Å². The van der Waals surface area contributed by atoms with Crippen molar-refractivity contribution in [1.82, 2.24) is 10.4 Å². The maximum Gasteiger partial charge on any atom is 0.265 e. The highest BCUT2D eigenvalue weighted by atomic mass is 32.2. The highest BCUT2D eigenvalue weighted by Crippen LogP contribution is 2.17. The molecule has 0 aliphatic rings. The van der Waals surface area contributed by atoms with E-state index in [0.717, 1.165) is 12.1 Å². The summed E-state index contributed by atoms with van der Waals surface area (Å²) in [5.41, 5.74) is 3.27. The molecule has 8 heteroatoms. The van der Waals surface area contributed by atoms with Crippen LogP contribution < -0.4 is 10.1 Å². The number of sulfonamides is 1. The minimum Gasteiger partial charge on any atom is -0.285 e. The third kappa shape index (κ3) is 4.51. The Morgan fingerprint density at radius 1 is 1.00 bits per heavy atom. The quantitative estimate of drug-likeness (QED) is 0.816. The molecule has 6 nitrogen and oxygen atoms in total. The topological polar surface area (TPSA) is 78.5 Å². The summed E-state index contributed by atoms with van der Waals surface area (Å²) in [6.45, 7) is 0. The van der Waals surface area contributed by atoms with Crippen molar-refractivity contribution < 1.29 is 17.6 Å². The first-order chi connectivity index (χ1) is 10.8. The van der Waals surface area contributed by atoms with Crippen LogP contribution in [-0.4, -0.2) is 33.4 Å². The molecule has 0 atom stereocenters. The zero-order valence-electron chi connectivity index (χ0n) is 12.6. The van der Waals surface area contributed by atoms with E-state index < -0.39 is 15.8 Å². The fraction of sp³-hybridized carbons (Fsp3) is 0.133. The summed E-state index contributed by atoms with van der Waals surface area (Å²) < 4.78 is 39.5. The van der Waals surface area contributed by atoms with E-state index in [1.54, 1.807) is 14.1 Å². The number of carbonyl (C=O) groups excluding carboxylic acids is 1. The van der Waals surface area contributed by atoms with Crippen LogP contribution in [0.5, 0.6) is 0 Å². The Kier molecular flexibility index (Phi) is 4.97. The number of nitrogens with zero attached hydrogens (tertiary/aromatic N) is 1. The molecule has 0 radical (unpaired) electrons. The van der Waals surface area contributed by atoms with E-state index in [1.165, 1.54) is 41.4 Å². The molecule has 23 heavy (non-hydrogen) atoms. The Balaban J connectivity index is 2.14. The Morgan fingerprint density at radius 2 is 1.57 bits per heavy atom. The standard InChI is InChI=1S/C15H16FN3O3S/c1-19(2)17-15(20)11-3-7-13(8-4-11)18-23(21,22)14-9-5-12(16)6-10-14/h3-10,18H,1-2H3,(H,17,20). The summed E-state index contributed by atoms with van der Waals surface area (Å²) in [6, 6.07) is 10.5. The summed E-state index contributed by atoms with van der Waals surface area (Å²) in [6.07, 6.45) is 0. The number of benzene rings is 2. The van der Waals surface area contributed by atoms with Crippen molar-refractivity contribution in [2.75, 3.05) is 18.8 Å². The lowest BCUT2D eigenvalue weighted by molar-refractivity contribution is 0.0857. The Morgan fingerprint density at radius 3 is 2.09 bits per heavy atom. The van der Waals surface area contributed by atoms with Crippen LogP contribution >= 0.6 is 0 Å². The molecular weight excluding hydrogens is 321 g/mol. The lowest BCUT2D eigenvalue weighted by Crippen LogP contribution is -2.36. The normalized spacial score (nSPS) is 11.3. The summed E-state index contributed by atoms with van der Waals surface area (Å²) in [4.78, 5) is 11.7. The number of rotatable bonds is 5. The number of anilines is 1. The average molecular weight is 337 g/mol. The third-order valence-corrected chi connectivity index (χ3v) is 4.25. The molecule has 2 rings (SSSR count). The Bertz CT molecular complexity index is 788. The molecule has 0 fully saturated rings. The smallest absolute Gasteiger partial charge is 0.265 e. The SMILES string of the molecule is CN(C)NC(=O)c1ccc(NS(=O)(=O)c2ccc(F)cc2)cc1. The van der Waals surface area contributed by atoms with E-state index in [4.69, 9.17) is 0 Å². The van der Waals surface area contributed by atoms with E-state index in [-0.39, 0.29) is 10.8 Å². The molecule has 1 amide bonds. The van der Waals surface area contributed by atoms with Gasteiger partial charge in [-0.2, -0.15) is 0 Å². The molecule has 2 N–H and O–H groups in total. The fourth-order valence-corrected chi connectivity index (χ4v) is 2.84. The van der Waals surface area contributed by atoms with Gasteiger partial charge in [-0.3, -0.25) is 14.9 Å². The van der Waals surface area contributed by atoms with Gasteiger partial charge in [-0.05, 0) is 48.5 Å². The van der Waals surface area contributed by atoms with Gasteiger partial charge < -0.3 is 0 Å². The molecule has 0 unspecified atom stereocenters. The third-order valence-electron chi connectivity index (χ3n) is 2.85. The van der Waals surface area contributed by atoms with Gasteiger partial charge in [0.25, 0.3) is 15.9 Å². The fourth-order valence-electron chi connectivity index (χ4n) is 1.79. The summed E-state index contributed by atoms with van der Waals surface area (Å²) in [5, 5.41) is 1.51. The van der Waals surface area contributed by atoms with E-state index in [1.807, 2.05) is 0 Å². The second kappa shape index (κ2) is 6.76. The highest BCUT2D eigenvalue weighted by Gasteiger charge is 2.14. The van der Waals surface area contributed by atoms with Gasteiger partial charge in [-0.15, -0.1) is 0 Å². The number of hydrazine groups is 1. The van der Waals surface area contributed by atoms with Crippen molar-refractivity contribution in [2.24, 2.45) is 0 Å². The molecule has 2 aromatic carbocycles. The van der Waals surface area contributed by atoms with Crippen molar-refractivity contribution in [3.63, 3.8) is 0 Å². The Labute approximate surface area is 134 Å². The molecule has 0 heterocycles. The van der Waals surface area contributed by atoms with Crippen LogP contribution in [0.25, 0.3) is 0 Å². The monoisotopic (exact) mass is 337 g/mol. The maximum absolute atomic E-state index is 12.9. The number of hydrogen-bond acceptors (Lipinski definition) is 4. The number of carbonyl (C=O) groups is 1. The second-order valence-electron chi connectivity index (χ2n) is 4.97. The first kappa shape index (κ1) is 16.9. The van der Waals surface area contributed by atoms with Crippen LogP contribution in [0.15, 0.2) is 53.4 Å². The zero-order valence-corrected chi connectivity index (χ0v) is 13.4. The maximum atomic E-state index is 12.9. The van der Waals surface area contributed by atoms with Crippen molar-refractivity contribution in [2.45, 2.75) is 4.90 Å². The van der Waals surface area contributed by atoms with Crippen molar-refractivity contribution in [3.8, 4) is 0 Å². The number of hydrogen-bond donors (Lipinski definition) is 2. The predicted octanol–water partition coefficient (Wildman–Crippen LogP) is 1.83. The van der Waals surface area contributed by atoms with Crippen LogP contribution in [0.2, 0.25) is 0 Å². The van der Waals surface area contributed by atoms with Gasteiger partial charge in [0, 0.05) is 25.3 Å².